The maximum atomic E-state index is 14.2. The summed E-state index contributed by atoms with van der Waals surface area (Å²) in [7, 11) is 0. The molecule has 2 aromatic carbocycles. The van der Waals surface area contributed by atoms with Crippen LogP contribution in [-0.2, 0) is 11.3 Å². The highest BCUT2D eigenvalue weighted by Crippen LogP contribution is 2.37. The van der Waals surface area contributed by atoms with Crippen molar-refractivity contribution in [3.05, 3.63) is 86.2 Å². The molecule has 2 aromatic heterocycles. The van der Waals surface area contributed by atoms with Gasteiger partial charge in [-0.3, -0.25) is 4.79 Å². The van der Waals surface area contributed by atoms with E-state index in [2.05, 4.69) is 9.97 Å². The van der Waals surface area contributed by atoms with E-state index in [0.29, 0.717) is 34.6 Å². The van der Waals surface area contributed by atoms with Crippen molar-refractivity contribution in [1.82, 2.24) is 9.97 Å². The van der Waals surface area contributed by atoms with Crippen LogP contribution in [0.2, 0.25) is 5.02 Å². The second-order valence-electron chi connectivity index (χ2n) is 7.50. The van der Waals surface area contributed by atoms with E-state index in [4.69, 9.17) is 21.1 Å². The van der Waals surface area contributed by atoms with Gasteiger partial charge in [-0.15, -0.1) is 0 Å². The predicted octanol–water partition coefficient (Wildman–Crippen LogP) is 6.47. The molecule has 0 aliphatic heterocycles. The molecule has 2 heterocycles. The van der Waals surface area contributed by atoms with Crippen LogP contribution in [0.4, 0.5) is 8.78 Å². The van der Waals surface area contributed by atoms with E-state index >= 15 is 0 Å². The molecule has 5 nitrogen and oxygen atoms in total. The lowest BCUT2D eigenvalue weighted by Gasteiger charge is -2.17. The molecule has 4 aromatic rings. The number of H-pyrrole nitrogens is 1. The van der Waals surface area contributed by atoms with Gasteiger partial charge >= 0.3 is 0 Å². The molecule has 0 amide bonds. The van der Waals surface area contributed by atoms with E-state index in [9.17, 15) is 13.6 Å². The third-order valence-electron chi connectivity index (χ3n) is 5.32. The number of rotatable bonds is 6. The lowest BCUT2D eigenvalue weighted by atomic mass is 10.0. The van der Waals surface area contributed by atoms with Gasteiger partial charge < -0.3 is 14.5 Å². The Balaban J connectivity index is 1.98. The molecule has 8 heteroatoms. The van der Waals surface area contributed by atoms with Gasteiger partial charge in [0.2, 0.25) is 11.3 Å². The number of para-hydroxylation sites is 1. The highest BCUT2D eigenvalue weighted by molar-refractivity contribution is 6.31. The first kappa shape index (κ1) is 22.9. The zero-order valence-electron chi connectivity index (χ0n) is 18.3. The highest BCUT2D eigenvalue weighted by atomic mass is 35.5. The summed E-state index contributed by atoms with van der Waals surface area (Å²) in [5.41, 5.74) is 1.96. The molecule has 0 aliphatic carbocycles. The minimum Gasteiger partial charge on any atom is -0.438 e. The summed E-state index contributed by atoms with van der Waals surface area (Å²) in [6.07, 6.45) is 0. The molecule has 4 rings (SSSR count). The van der Waals surface area contributed by atoms with E-state index in [0.717, 1.165) is 11.5 Å². The molecule has 33 heavy (non-hydrogen) atoms. The van der Waals surface area contributed by atoms with Crippen molar-refractivity contribution >= 4 is 22.5 Å². The maximum Gasteiger partial charge on any atom is 0.229 e. The Morgan fingerprint density at radius 1 is 1.12 bits per heavy atom. The van der Waals surface area contributed by atoms with Gasteiger partial charge in [-0.25, -0.2) is 13.8 Å². The Labute approximate surface area is 194 Å². The van der Waals surface area contributed by atoms with Crippen molar-refractivity contribution in [2.45, 2.75) is 27.4 Å². The summed E-state index contributed by atoms with van der Waals surface area (Å²) in [5, 5.41) is 0.874. The molecule has 0 aliphatic rings. The highest BCUT2D eigenvalue weighted by Gasteiger charge is 2.21. The fourth-order valence-corrected chi connectivity index (χ4v) is 3.67. The quantitative estimate of drug-likeness (QED) is 0.351. The molecule has 0 radical (unpaired) electrons. The Hall–Kier alpha value is -3.29. The molecular formula is C25H21ClF2N2O3. The van der Waals surface area contributed by atoms with E-state index in [1.54, 1.807) is 13.0 Å². The molecule has 0 saturated carbocycles. The Bertz CT molecular complexity index is 1420. The number of hydrogen-bond acceptors (Lipinski definition) is 4. The maximum absolute atomic E-state index is 14.2. The Morgan fingerprint density at radius 3 is 2.64 bits per heavy atom. The van der Waals surface area contributed by atoms with E-state index in [-0.39, 0.29) is 34.3 Å². The largest absolute Gasteiger partial charge is 0.438 e. The van der Waals surface area contributed by atoms with Crippen LogP contribution in [0.3, 0.4) is 0 Å². The van der Waals surface area contributed by atoms with Crippen LogP contribution in [-0.4, -0.2) is 16.6 Å². The fourth-order valence-electron chi connectivity index (χ4n) is 3.51. The van der Waals surface area contributed by atoms with Crippen molar-refractivity contribution in [2.24, 2.45) is 0 Å². The normalized spacial score (nSPS) is 11.2. The van der Waals surface area contributed by atoms with Gasteiger partial charge in [-0.1, -0.05) is 29.8 Å². The predicted molar refractivity (Wildman–Crippen MR) is 124 cm³/mol. The molecule has 170 valence electrons. The molecule has 0 fully saturated rings. The average Bonchev–Trinajstić information content (AvgIpc) is 2.81. The van der Waals surface area contributed by atoms with Crippen molar-refractivity contribution < 1.29 is 18.3 Å². The second kappa shape index (κ2) is 9.29. The number of fused-ring (bicyclic) bond motifs is 1. The number of nitrogens with zero attached hydrogens (tertiary/aromatic N) is 1. The van der Waals surface area contributed by atoms with Crippen LogP contribution < -0.4 is 10.2 Å². The lowest BCUT2D eigenvalue weighted by Crippen LogP contribution is -2.16. The smallest absolute Gasteiger partial charge is 0.229 e. The van der Waals surface area contributed by atoms with Crippen LogP contribution in [0.15, 0.2) is 47.3 Å². The van der Waals surface area contributed by atoms with E-state index in [1.165, 1.54) is 13.0 Å². The number of benzene rings is 2. The van der Waals surface area contributed by atoms with Gasteiger partial charge in [0.25, 0.3) is 0 Å². The summed E-state index contributed by atoms with van der Waals surface area (Å²) in [5.74, 6) is -1.74. The first-order chi connectivity index (χ1) is 15.8. The summed E-state index contributed by atoms with van der Waals surface area (Å²) in [6.45, 7) is 5.35. The summed E-state index contributed by atoms with van der Waals surface area (Å²) < 4.78 is 39.3. The van der Waals surface area contributed by atoms with Gasteiger partial charge in [0.1, 0.15) is 10.8 Å². The van der Waals surface area contributed by atoms with Crippen molar-refractivity contribution in [3.63, 3.8) is 0 Å². The third kappa shape index (κ3) is 4.34. The van der Waals surface area contributed by atoms with Crippen LogP contribution in [0.5, 0.6) is 11.6 Å². The van der Waals surface area contributed by atoms with Gasteiger partial charge in [0.15, 0.2) is 11.6 Å². The van der Waals surface area contributed by atoms with Gasteiger partial charge in [-0.05, 0) is 45.0 Å². The van der Waals surface area contributed by atoms with Gasteiger partial charge in [0, 0.05) is 23.3 Å². The van der Waals surface area contributed by atoms with Crippen LogP contribution in [0.1, 0.15) is 23.7 Å². The van der Waals surface area contributed by atoms with Gasteiger partial charge in [-0.2, -0.15) is 0 Å². The average molecular weight is 471 g/mol. The van der Waals surface area contributed by atoms with Crippen LogP contribution in [0.25, 0.3) is 22.2 Å². The Morgan fingerprint density at radius 2 is 1.88 bits per heavy atom. The summed E-state index contributed by atoms with van der Waals surface area (Å²) in [4.78, 5) is 20.8. The SMILES string of the molecule is CCOCc1c(-c2cc3ccccc3nc2Oc2ccc(F)c(F)c2C)[nH]c(C)c(Cl)c1=O. The molecule has 0 atom stereocenters. The van der Waals surface area contributed by atoms with Crippen molar-refractivity contribution in [1.29, 1.82) is 0 Å². The van der Waals surface area contributed by atoms with Crippen molar-refractivity contribution in [2.75, 3.05) is 6.61 Å². The number of halogens is 3. The standard InChI is InChI=1S/C25H21ClF2N2O3/c1-4-32-12-17-23(29-14(3)21(26)24(17)31)16-11-15-7-5-6-8-19(15)30-25(16)33-20-10-9-18(27)22(28)13(20)2/h5-11H,4,12H2,1-3H3,(H,29,31). The molecule has 0 bridgehead atoms. The first-order valence-corrected chi connectivity index (χ1v) is 10.7. The van der Waals surface area contributed by atoms with E-state index < -0.39 is 11.6 Å². The zero-order chi connectivity index (χ0) is 23.7. The number of aromatic amines is 1. The number of aromatic nitrogens is 2. The number of ether oxygens (including phenoxy) is 2. The molecule has 1 N–H and O–H groups in total. The lowest BCUT2D eigenvalue weighted by molar-refractivity contribution is 0.133. The zero-order valence-corrected chi connectivity index (χ0v) is 19.0. The summed E-state index contributed by atoms with van der Waals surface area (Å²) >= 11 is 6.22. The third-order valence-corrected chi connectivity index (χ3v) is 5.78. The number of pyridine rings is 2. The van der Waals surface area contributed by atoms with Crippen LogP contribution in [0, 0.1) is 25.5 Å². The topological polar surface area (TPSA) is 64.2 Å². The first-order valence-electron chi connectivity index (χ1n) is 10.3. The fraction of sp³-hybridized carbons (Fsp3) is 0.200. The molecule has 0 unspecified atom stereocenters. The molecule has 0 saturated heterocycles. The second-order valence-corrected chi connectivity index (χ2v) is 7.88. The minimum absolute atomic E-state index is 0.00577. The number of hydrogen-bond donors (Lipinski definition) is 1. The summed E-state index contributed by atoms with van der Waals surface area (Å²) in [6, 6.07) is 11.5. The number of nitrogens with one attached hydrogen (secondary N) is 1. The minimum atomic E-state index is -0.998. The van der Waals surface area contributed by atoms with Crippen molar-refractivity contribution in [3.8, 4) is 22.9 Å². The van der Waals surface area contributed by atoms with Gasteiger partial charge in [0.05, 0.1) is 28.9 Å². The Kier molecular flexibility index (Phi) is 6.44. The monoisotopic (exact) mass is 470 g/mol. The number of aryl methyl sites for hydroxylation is 1. The van der Waals surface area contributed by atoms with E-state index in [1.807, 2.05) is 31.2 Å². The molecular weight excluding hydrogens is 450 g/mol. The molecule has 0 spiro atoms. The van der Waals surface area contributed by atoms with Crippen LogP contribution >= 0.6 is 11.6 Å².